The fourth-order valence-corrected chi connectivity index (χ4v) is 1.34. The molecule has 0 aliphatic carbocycles. The van der Waals surface area contributed by atoms with Gasteiger partial charge in [-0.15, -0.1) is 0 Å². The fourth-order valence-electron chi connectivity index (χ4n) is 1.34. The Balaban J connectivity index is 3.02. The molecule has 0 aliphatic heterocycles. The molecule has 1 unspecified atom stereocenters. The van der Waals surface area contributed by atoms with Gasteiger partial charge in [0.2, 0.25) is 5.82 Å². The second kappa shape index (κ2) is 5.86. The molecule has 1 aromatic carbocycles. The molecule has 0 spiro atoms. The summed E-state index contributed by atoms with van der Waals surface area (Å²) in [6.07, 6.45) is 0.00280. The Hall–Kier alpha value is -2.56. The van der Waals surface area contributed by atoms with Crippen LogP contribution in [-0.2, 0) is 0 Å². The van der Waals surface area contributed by atoms with Gasteiger partial charge in [0.25, 0.3) is 5.91 Å². The zero-order valence-electron chi connectivity index (χ0n) is 9.81. The van der Waals surface area contributed by atoms with Crippen LogP contribution in [0.5, 0.6) is 0 Å². The van der Waals surface area contributed by atoms with Crippen molar-refractivity contribution in [3.63, 3.8) is 0 Å². The quantitative estimate of drug-likeness (QED) is 0.667. The molecule has 1 N–H and O–H groups in total. The number of carbonyl (C=O) groups is 1. The molecule has 0 aromatic heterocycles. The van der Waals surface area contributed by atoms with Crippen molar-refractivity contribution in [1.82, 2.24) is 5.32 Å². The van der Waals surface area contributed by atoms with Crippen molar-refractivity contribution in [2.45, 2.75) is 19.4 Å². The van der Waals surface area contributed by atoms with E-state index in [2.05, 4.69) is 5.32 Å². The second-order valence-corrected chi connectivity index (χ2v) is 3.78. The highest BCUT2D eigenvalue weighted by atomic mass is 19.1. The van der Waals surface area contributed by atoms with E-state index >= 15 is 0 Å². The average molecular weight is 269 g/mol. The van der Waals surface area contributed by atoms with Crippen LogP contribution in [0.25, 0.3) is 0 Å². The van der Waals surface area contributed by atoms with Gasteiger partial charge in [-0.2, -0.15) is 9.65 Å². The van der Waals surface area contributed by atoms with Gasteiger partial charge >= 0.3 is 5.69 Å². The van der Waals surface area contributed by atoms with Gasteiger partial charge in [-0.05, 0) is 13.0 Å². The molecule has 0 aliphatic rings. The largest absolute Gasteiger partial charge is 0.348 e. The molecule has 19 heavy (non-hydrogen) atoms. The van der Waals surface area contributed by atoms with E-state index in [1.807, 2.05) is 0 Å². The maximum Gasteiger partial charge on any atom is 0.307 e. The summed E-state index contributed by atoms with van der Waals surface area (Å²) in [5, 5.41) is 21.1. The Morgan fingerprint density at radius 3 is 2.68 bits per heavy atom. The van der Waals surface area contributed by atoms with Crippen molar-refractivity contribution in [1.29, 1.82) is 5.26 Å². The summed E-state index contributed by atoms with van der Waals surface area (Å²) in [4.78, 5) is 20.9. The molecule has 0 heterocycles. The highest BCUT2D eigenvalue weighted by Crippen LogP contribution is 2.21. The van der Waals surface area contributed by atoms with Crippen LogP contribution >= 0.6 is 0 Å². The smallest absolute Gasteiger partial charge is 0.307 e. The van der Waals surface area contributed by atoms with Gasteiger partial charge in [0.05, 0.1) is 29.0 Å². The predicted molar refractivity (Wildman–Crippen MR) is 60.2 cm³/mol. The number of halogens is 2. The van der Waals surface area contributed by atoms with E-state index in [-0.39, 0.29) is 6.42 Å². The van der Waals surface area contributed by atoms with Crippen LogP contribution in [0.4, 0.5) is 14.5 Å². The minimum atomic E-state index is -1.30. The standard InChI is InChI=1S/C11H9F2N3O3/c1-6(2-3-14)15-11(17)7-4-9(13)10(16(18)19)5-8(7)12/h4-6H,2H2,1H3,(H,15,17). The van der Waals surface area contributed by atoms with E-state index in [0.29, 0.717) is 12.1 Å². The molecular weight excluding hydrogens is 260 g/mol. The van der Waals surface area contributed by atoms with E-state index in [1.54, 1.807) is 6.07 Å². The lowest BCUT2D eigenvalue weighted by Crippen LogP contribution is -2.32. The molecule has 1 rings (SSSR count). The zero-order chi connectivity index (χ0) is 14.6. The maximum absolute atomic E-state index is 13.5. The molecule has 8 heteroatoms. The Morgan fingerprint density at radius 2 is 2.16 bits per heavy atom. The third kappa shape index (κ3) is 3.45. The summed E-state index contributed by atoms with van der Waals surface area (Å²) >= 11 is 0. The fraction of sp³-hybridized carbons (Fsp3) is 0.273. The Kier molecular flexibility index (Phi) is 4.47. The van der Waals surface area contributed by atoms with Crippen LogP contribution in [0.15, 0.2) is 12.1 Å². The van der Waals surface area contributed by atoms with Crippen LogP contribution in [0, 0.1) is 33.1 Å². The highest BCUT2D eigenvalue weighted by Gasteiger charge is 2.22. The van der Waals surface area contributed by atoms with Gasteiger partial charge < -0.3 is 5.32 Å². The van der Waals surface area contributed by atoms with E-state index in [9.17, 15) is 23.7 Å². The van der Waals surface area contributed by atoms with Crippen LogP contribution < -0.4 is 5.32 Å². The Labute approximate surface area is 106 Å². The lowest BCUT2D eigenvalue weighted by atomic mass is 10.1. The van der Waals surface area contributed by atoms with Crippen molar-refractivity contribution in [2.24, 2.45) is 0 Å². The number of amides is 1. The van der Waals surface area contributed by atoms with E-state index in [4.69, 9.17) is 5.26 Å². The minimum absolute atomic E-state index is 0.00280. The summed E-state index contributed by atoms with van der Waals surface area (Å²) < 4.78 is 26.8. The van der Waals surface area contributed by atoms with E-state index in [1.165, 1.54) is 6.92 Å². The number of nitriles is 1. The molecule has 6 nitrogen and oxygen atoms in total. The van der Waals surface area contributed by atoms with Crippen molar-refractivity contribution in [3.05, 3.63) is 39.4 Å². The number of nitrogens with one attached hydrogen (secondary N) is 1. The van der Waals surface area contributed by atoms with Crippen LogP contribution in [-0.4, -0.2) is 16.9 Å². The molecule has 1 aromatic rings. The lowest BCUT2D eigenvalue weighted by molar-refractivity contribution is -0.387. The van der Waals surface area contributed by atoms with Crippen LogP contribution in [0.2, 0.25) is 0 Å². The summed E-state index contributed by atoms with van der Waals surface area (Å²) in [7, 11) is 0. The molecule has 0 saturated heterocycles. The topological polar surface area (TPSA) is 96.0 Å². The molecular formula is C11H9F2N3O3. The number of hydrogen-bond donors (Lipinski definition) is 1. The number of nitro benzene ring substituents is 1. The highest BCUT2D eigenvalue weighted by molar-refractivity contribution is 5.94. The third-order valence-electron chi connectivity index (χ3n) is 2.25. The van der Waals surface area contributed by atoms with Crippen molar-refractivity contribution >= 4 is 11.6 Å². The maximum atomic E-state index is 13.5. The van der Waals surface area contributed by atoms with Crippen molar-refractivity contribution < 1.29 is 18.5 Å². The molecule has 0 saturated carbocycles. The Bertz CT molecular complexity index is 569. The summed E-state index contributed by atoms with van der Waals surface area (Å²) in [5.74, 6) is -3.44. The molecule has 0 bridgehead atoms. The van der Waals surface area contributed by atoms with Gasteiger partial charge in [-0.25, -0.2) is 4.39 Å². The molecule has 1 amide bonds. The molecule has 1 atom stereocenters. The zero-order valence-corrected chi connectivity index (χ0v) is 9.81. The summed E-state index contributed by atoms with van der Waals surface area (Å²) in [6, 6.07) is 2.06. The van der Waals surface area contributed by atoms with Crippen LogP contribution in [0.3, 0.4) is 0 Å². The van der Waals surface area contributed by atoms with Crippen LogP contribution in [0.1, 0.15) is 23.7 Å². The minimum Gasteiger partial charge on any atom is -0.348 e. The average Bonchev–Trinajstić information content (AvgIpc) is 2.31. The number of nitrogens with zero attached hydrogens (tertiary/aromatic N) is 2. The normalized spacial score (nSPS) is 11.5. The first-order chi connectivity index (χ1) is 8.86. The lowest BCUT2D eigenvalue weighted by Gasteiger charge is -2.10. The number of carbonyl (C=O) groups excluding carboxylic acids is 1. The predicted octanol–water partition coefficient (Wildman–Crippen LogP) is 1.90. The second-order valence-electron chi connectivity index (χ2n) is 3.78. The van der Waals surface area contributed by atoms with Gasteiger partial charge in [0.1, 0.15) is 5.82 Å². The Morgan fingerprint density at radius 1 is 1.53 bits per heavy atom. The first kappa shape index (κ1) is 14.5. The summed E-state index contributed by atoms with van der Waals surface area (Å²) in [5.41, 5.74) is -1.69. The van der Waals surface area contributed by atoms with Gasteiger partial charge in [-0.1, -0.05) is 0 Å². The molecule has 100 valence electrons. The first-order valence-corrected chi connectivity index (χ1v) is 5.18. The van der Waals surface area contributed by atoms with Gasteiger partial charge in [-0.3, -0.25) is 14.9 Å². The van der Waals surface area contributed by atoms with Crippen molar-refractivity contribution in [2.75, 3.05) is 0 Å². The first-order valence-electron chi connectivity index (χ1n) is 5.18. The number of nitro groups is 1. The number of benzene rings is 1. The van der Waals surface area contributed by atoms with Gasteiger partial charge in [0, 0.05) is 6.04 Å². The number of rotatable bonds is 4. The molecule has 0 fully saturated rings. The van der Waals surface area contributed by atoms with Gasteiger partial charge in [0.15, 0.2) is 0 Å². The van der Waals surface area contributed by atoms with Crippen molar-refractivity contribution in [3.8, 4) is 6.07 Å². The SMILES string of the molecule is CC(CC#N)NC(=O)c1cc(F)c([N+](=O)[O-])cc1F. The monoisotopic (exact) mass is 269 g/mol. The molecule has 0 radical (unpaired) electrons. The van der Waals surface area contributed by atoms with E-state index < -0.39 is 39.8 Å². The summed E-state index contributed by atoms with van der Waals surface area (Å²) in [6.45, 7) is 1.51. The third-order valence-corrected chi connectivity index (χ3v) is 2.25. The number of hydrogen-bond acceptors (Lipinski definition) is 4. The van der Waals surface area contributed by atoms with E-state index in [0.717, 1.165) is 0 Å².